The number of methoxy groups -OCH3 is 1. The third kappa shape index (κ3) is 2.71. The summed E-state index contributed by atoms with van der Waals surface area (Å²) in [6.45, 7) is 3.35. The number of ether oxygens (including phenoxy) is 1. The molecular weight excluding hydrogens is 327 g/mol. The second kappa shape index (κ2) is 6.73. The van der Waals surface area contributed by atoms with E-state index < -0.39 is 6.67 Å². The lowest BCUT2D eigenvalue weighted by Gasteiger charge is -2.10. The van der Waals surface area contributed by atoms with Gasteiger partial charge in [-0.3, -0.25) is 9.36 Å². The molecule has 1 aromatic carbocycles. The summed E-state index contributed by atoms with van der Waals surface area (Å²) in [4.78, 5) is 19.3. The minimum atomic E-state index is -0.586. The van der Waals surface area contributed by atoms with Crippen LogP contribution >= 0.6 is 11.3 Å². The highest BCUT2D eigenvalue weighted by Crippen LogP contribution is 2.36. The van der Waals surface area contributed by atoms with Crippen LogP contribution in [0.15, 0.2) is 29.1 Å². The lowest BCUT2D eigenvalue weighted by atomic mass is 10.0. The first-order chi connectivity index (χ1) is 11.6. The molecule has 0 amide bonds. The Kier molecular flexibility index (Phi) is 4.66. The van der Waals surface area contributed by atoms with Crippen molar-refractivity contribution >= 4 is 21.6 Å². The number of thiophene rings is 1. The Morgan fingerprint density at radius 2 is 2.17 bits per heavy atom. The second-order valence-electron chi connectivity index (χ2n) is 5.47. The van der Waals surface area contributed by atoms with Crippen molar-refractivity contribution in [3.8, 4) is 16.9 Å². The summed E-state index contributed by atoms with van der Waals surface area (Å²) in [5.41, 5.74) is 1.60. The highest BCUT2D eigenvalue weighted by Gasteiger charge is 2.19. The van der Waals surface area contributed by atoms with Gasteiger partial charge < -0.3 is 4.74 Å². The van der Waals surface area contributed by atoms with Crippen LogP contribution in [0.5, 0.6) is 5.75 Å². The van der Waals surface area contributed by atoms with E-state index in [1.165, 1.54) is 15.9 Å². The predicted molar refractivity (Wildman–Crippen MR) is 96.0 cm³/mol. The van der Waals surface area contributed by atoms with Gasteiger partial charge in [0, 0.05) is 16.9 Å². The van der Waals surface area contributed by atoms with Crippen LogP contribution in [0, 0.1) is 6.92 Å². The molecule has 3 aromatic rings. The van der Waals surface area contributed by atoms with E-state index in [4.69, 9.17) is 4.74 Å². The minimum absolute atomic E-state index is 0.0391. The Balaban J connectivity index is 2.34. The van der Waals surface area contributed by atoms with E-state index in [0.29, 0.717) is 22.5 Å². The fourth-order valence-corrected chi connectivity index (χ4v) is 4.00. The average Bonchev–Trinajstić information content (AvgIpc) is 2.93. The van der Waals surface area contributed by atoms with Crippen LogP contribution < -0.4 is 10.3 Å². The molecule has 24 heavy (non-hydrogen) atoms. The second-order valence-corrected chi connectivity index (χ2v) is 6.68. The molecule has 2 aromatic heterocycles. The van der Waals surface area contributed by atoms with Crippen LogP contribution in [0.2, 0.25) is 0 Å². The van der Waals surface area contributed by atoms with Crippen LogP contribution in [0.25, 0.3) is 21.3 Å². The molecule has 0 saturated heterocycles. The number of hydrogen-bond donors (Lipinski definition) is 0. The highest BCUT2D eigenvalue weighted by molar-refractivity contribution is 7.19. The van der Waals surface area contributed by atoms with Gasteiger partial charge in [-0.1, -0.05) is 19.1 Å². The van der Waals surface area contributed by atoms with Crippen molar-refractivity contribution in [1.82, 2.24) is 9.55 Å². The number of hydrogen-bond acceptors (Lipinski definition) is 4. The zero-order valence-corrected chi connectivity index (χ0v) is 14.7. The maximum atomic E-state index is 13.0. The maximum absolute atomic E-state index is 13.0. The van der Waals surface area contributed by atoms with Gasteiger partial charge in [0.05, 0.1) is 19.0 Å². The van der Waals surface area contributed by atoms with Crippen LogP contribution in [0.4, 0.5) is 4.39 Å². The van der Waals surface area contributed by atoms with Crippen LogP contribution in [0.1, 0.15) is 17.6 Å². The fraction of sp³-hybridized carbons (Fsp3) is 0.333. The van der Waals surface area contributed by atoms with E-state index >= 15 is 0 Å². The Morgan fingerprint density at radius 3 is 2.83 bits per heavy atom. The number of nitrogens with zero attached hydrogens (tertiary/aromatic N) is 2. The first-order valence-electron chi connectivity index (χ1n) is 7.83. The molecule has 0 atom stereocenters. The van der Waals surface area contributed by atoms with Crippen molar-refractivity contribution in [3.05, 3.63) is 45.3 Å². The van der Waals surface area contributed by atoms with Crippen molar-refractivity contribution < 1.29 is 9.13 Å². The monoisotopic (exact) mass is 346 g/mol. The standard InChI is InChI=1S/C18H19FN2O2S/c1-4-14-20-17-16(18(22)21(14)9-8-19)15(11(2)24-17)12-6-5-7-13(10-12)23-3/h5-7,10H,4,8-9H2,1-3H3. The summed E-state index contributed by atoms with van der Waals surface area (Å²) in [5.74, 6) is 1.36. The van der Waals surface area contributed by atoms with E-state index in [2.05, 4.69) is 4.98 Å². The summed E-state index contributed by atoms with van der Waals surface area (Å²) in [6.07, 6.45) is 0.594. The zero-order valence-electron chi connectivity index (χ0n) is 13.9. The number of aryl methyl sites for hydroxylation is 2. The molecule has 4 nitrogen and oxygen atoms in total. The predicted octanol–water partition coefficient (Wildman–Crippen LogP) is 3.97. The quantitative estimate of drug-likeness (QED) is 0.702. The fourth-order valence-electron chi connectivity index (χ4n) is 2.95. The van der Waals surface area contributed by atoms with Crippen molar-refractivity contribution in [3.63, 3.8) is 0 Å². The maximum Gasteiger partial charge on any atom is 0.263 e. The number of alkyl halides is 1. The lowest BCUT2D eigenvalue weighted by molar-refractivity contribution is 0.415. The van der Waals surface area contributed by atoms with Gasteiger partial charge in [-0.15, -0.1) is 11.3 Å². The minimum Gasteiger partial charge on any atom is -0.497 e. The largest absolute Gasteiger partial charge is 0.497 e. The SMILES string of the molecule is CCc1nc2sc(C)c(-c3cccc(OC)c3)c2c(=O)n1CCF. The molecule has 0 spiro atoms. The highest BCUT2D eigenvalue weighted by atomic mass is 32.1. The molecule has 0 aliphatic carbocycles. The molecule has 2 heterocycles. The summed E-state index contributed by atoms with van der Waals surface area (Å²) in [5, 5.41) is 0.566. The number of rotatable bonds is 5. The number of benzene rings is 1. The summed E-state index contributed by atoms with van der Waals surface area (Å²) in [7, 11) is 1.61. The Labute approximate surface area is 143 Å². The molecule has 0 aliphatic heterocycles. The number of halogens is 1. The Hall–Kier alpha value is -2.21. The van der Waals surface area contributed by atoms with Gasteiger partial charge >= 0.3 is 0 Å². The van der Waals surface area contributed by atoms with Crippen LogP contribution in [-0.4, -0.2) is 23.3 Å². The first-order valence-corrected chi connectivity index (χ1v) is 8.65. The van der Waals surface area contributed by atoms with Gasteiger partial charge in [0.25, 0.3) is 5.56 Å². The molecular formula is C18H19FN2O2S. The molecule has 0 aliphatic rings. The Morgan fingerprint density at radius 1 is 1.38 bits per heavy atom. The van der Waals surface area contributed by atoms with Crippen molar-refractivity contribution in [1.29, 1.82) is 0 Å². The molecule has 0 N–H and O–H groups in total. The molecule has 0 unspecified atom stereocenters. The molecule has 0 radical (unpaired) electrons. The summed E-state index contributed by atoms with van der Waals surface area (Å²) >= 11 is 1.50. The molecule has 0 saturated carbocycles. The van der Waals surface area contributed by atoms with Crippen molar-refractivity contribution in [2.24, 2.45) is 0 Å². The first kappa shape index (κ1) is 16.6. The van der Waals surface area contributed by atoms with Gasteiger partial charge in [0.1, 0.15) is 23.1 Å². The third-order valence-corrected chi connectivity index (χ3v) is 5.05. The summed E-state index contributed by atoms with van der Waals surface area (Å²) in [6, 6.07) is 7.61. The van der Waals surface area contributed by atoms with Crippen LogP contribution in [0.3, 0.4) is 0 Å². The van der Waals surface area contributed by atoms with E-state index in [9.17, 15) is 9.18 Å². The molecule has 126 valence electrons. The Bertz CT molecular complexity index is 946. The lowest BCUT2D eigenvalue weighted by Crippen LogP contribution is -2.25. The number of fused-ring (bicyclic) bond motifs is 1. The van der Waals surface area contributed by atoms with E-state index in [1.807, 2.05) is 38.1 Å². The number of aromatic nitrogens is 2. The molecule has 0 fully saturated rings. The average molecular weight is 346 g/mol. The smallest absolute Gasteiger partial charge is 0.263 e. The van der Waals surface area contributed by atoms with E-state index in [0.717, 1.165) is 21.8 Å². The molecule has 0 bridgehead atoms. The normalized spacial score (nSPS) is 11.2. The summed E-state index contributed by atoms with van der Waals surface area (Å²) < 4.78 is 19.6. The van der Waals surface area contributed by atoms with Crippen LogP contribution in [-0.2, 0) is 13.0 Å². The van der Waals surface area contributed by atoms with Gasteiger partial charge in [-0.05, 0) is 24.6 Å². The molecule has 6 heteroatoms. The zero-order chi connectivity index (χ0) is 17.3. The van der Waals surface area contributed by atoms with E-state index in [1.54, 1.807) is 7.11 Å². The van der Waals surface area contributed by atoms with E-state index in [-0.39, 0.29) is 12.1 Å². The molecule has 3 rings (SSSR count). The van der Waals surface area contributed by atoms with Gasteiger partial charge in [-0.25, -0.2) is 9.37 Å². The van der Waals surface area contributed by atoms with Gasteiger partial charge in [0.15, 0.2) is 0 Å². The van der Waals surface area contributed by atoms with Gasteiger partial charge in [-0.2, -0.15) is 0 Å². The van der Waals surface area contributed by atoms with Crippen molar-refractivity contribution in [2.45, 2.75) is 26.8 Å². The van der Waals surface area contributed by atoms with Gasteiger partial charge in [0.2, 0.25) is 0 Å². The topological polar surface area (TPSA) is 44.1 Å². The van der Waals surface area contributed by atoms with Crippen molar-refractivity contribution in [2.75, 3.05) is 13.8 Å². The third-order valence-electron chi connectivity index (χ3n) is 4.05.